The number of nitrogens with two attached hydrogens (primary N) is 1. The Morgan fingerprint density at radius 3 is 2.88 bits per heavy atom. The van der Waals surface area contributed by atoms with Gasteiger partial charge in [0.15, 0.2) is 0 Å². The lowest BCUT2D eigenvalue weighted by atomic mass is 9.99. The Morgan fingerprint density at radius 2 is 2.38 bits per heavy atom. The third-order valence-electron chi connectivity index (χ3n) is 3.43. The first-order chi connectivity index (χ1) is 7.51. The van der Waals surface area contributed by atoms with Crippen LogP contribution in [-0.4, -0.2) is 56.2 Å². The summed E-state index contributed by atoms with van der Waals surface area (Å²) in [7, 11) is 3.50. The van der Waals surface area contributed by atoms with Gasteiger partial charge in [-0.2, -0.15) is 0 Å². The Kier molecular flexibility index (Phi) is 4.70. The lowest BCUT2D eigenvalue weighted by molar-refractivity contribution is -0.124. The van der Waals surface area contributed by atoms with E-state index in [4.69, 9.17) is 10.5 Å². The minimum atomic E-state index is -0.657. The van der Waals surface area contributed by atoms with Crippen molar-refractivity contribution in [3.63, 3.8) is 0 Å². The normalized spacial score (nSPS) is 26.3. The molecular formula is C11H23N3O2. The number of nitrogens with zero attached hydrogens (tertiary/aromatic N) is 1. The number of amides is 1. The first kappa shape index (κ1) is 13.4. The zero-order valence-electron chi connectivity index (χ0n) is 10.5. The summed E-state index contributed by atoms with van der Waals surface area (Å²) in [5.41, 5.74) is 4.75. The summed E-state index contributed by atoms with van der Waals surface area (Å²) in [5.74, 6) is -0.311. The highest BCUT2D eigenvalue weighted by Gasteiger charge is 2.33. The number of ether oxygens (including phenoxy) is 1. The molecule has 0 bridgehead atoms. The lowest BCUT2D eigenvalue weighted by Crippen LogP contribution is -2.59. The molecule has 0 aliphatic carbocycles. The van der Waals surface area contributed by atoms with Gasteiger partial charge in [-0.15, -0.1) is 0 Å². The van der Waals surface area contributed by atoms with Gasteiger partial charge in [-0.1, -0.05) is 0 Å². The van der Waals surface area contributed by atoms with E-state index in [1.54, 1.807) is 14.2 Å². The van der Waals surface area contributed by atoms with Gasteiger partial charge in [0.1, 0.15) is 5.54 Å². The molecule has 0 aromatic rings. The summed E-state index contributed by atoms with van der Waals surface area (Å²) < 4.78 is 5.35. The van der Waals surface area contributed by atoms with Gasteiger partial charge in [-0.25, -0.2) is 0 Å². The first-order valence-electron chi connectivity index (χ1n) is 5.76. The molecule has 1 aliphatic heterocycles. The van der Waals surface area contributed by atoms with Crippen LogP contribution in [0.5, 0.6) is 0 Å². The van der Waals surface area contributed by atoms with E-state index in [2.05, 4.69) is 10.2 Å². The fourth-order valence-corrected chi connectivity index (χ4v) is 2.08. The van der Waals surface area contributed by atoms with Gasteiger partial charge in [-0.05, 0) is 33.4 Å². The molecule has 1 saturated heterocycles. The van der Waals surface area contributed by atoms with E-state index in [-0.39, 0.29) is 12.0 Å². The van der Waals surface area contributed by atoms with E-state index in [1.165, 1.54) is 0 Å². The molecule has 5 nitrogen and oxygen atoms in total. The molecule has 0 saturated carbocycles. The molecule has 0 spiro atoms. The van der Waals surface area contributed by atoms with Crippen LogP contribution >= 0.6 is 0 Å². The van der Waals surface area contributed by atoms with Gasteiger partial charge in [0.25, 0.3) is 0 Å². The van der Waals surface area contributed by atoms with Crippen LogP contribution in [0.2, 0.25) is 0 Å². The zero-order valence-corrected chi connectivity index (χ0v) is 10.5. The molecule has 0 aromatic heterocycles. The van der Waals surface area contributed by atoms with Crippen LogP contribution in [0.1, 0.15) is 19.8 Å². The van der Waals surface area contributed by atoms with Crippen molar-refractivity contribution in [1.29, 1.82) is 0 Å². The molecule has 1 amide bonds. The molecule has 94 valence electrons. The monoisotopic (exact) mass is 229 g/mol. The van der Waals surface area contributed by atoms with Crippen molar-refractivity contribution >= 4 is 5.91 Å². The number of rotatable bonds is 5. The van der Waals surface area contributed by atoms with Crippen molar-refractivity contribution in [1.82, 2.24) is 10.2 Å². The van der Waals surface area contributed by atoms with Crippen molar-refractivity contribution in [2.24, 2.45) is 5.73 Å². The standard InChI is InChI=1S/C11H23N3O2/c1-11(13-2,10(12)15)8-14-6-4-5-9(7-14)16-3/h9,13H,4-8H2,1-3H3,(H2,12,15). The minimum absolute atomic E-state index is 0.280. The maximum atomic E-state index is 11.4. The van der Waals surface area contributed by atoms with Crippen molar-refractivity contribution in [2.75, 3.05) is 33.8 Å². The number of piperidine rings is 1. The molecule has 1 rings (SSSR count). The van der Waals surface area contributed by atoms with E-state index in [0.717, 1.165) is 25.9 Å². The SMILES string of the molecule is CNC(C)(CN1CCCC(OC)C1)C(N)=O. The second-order valence-corrected chi connectivity index (χ2v) is 4.68. The van der Waals surface area contributed by atoms with Crippen LogP contribution in [0.4, 0.5) is 0 Å². The molecule has 1 heterocycles. The first-order valence-corrected chi connectivity index (χ1v) is 5.76. The molecule has 2 unspecified atom stereocenters. The van der Waals surface area contributed by atoms with Gasteiger partial charge in [-0.3, -0.25) is 9.69 Å². The van der Waals surface area contributed by atoms with Crippen molar-refractivity contribution in [3.05, 3.63) is 0 Å². The number of methoxy groups -OCH3 is 1. The maximum absolute atomic E-state index is 11.4. The highest BCUT2D eigenvalue weighted by Crippen LogP contribution is 2.15. The fraction of sp³-hybridized carbons (Fsp3) is 0.909. The van der Waals surface area contributed by atoms with Crippen LogP contribution in [-0.2, 0) is 9.53 Å². The van der Waals surface area contributed by atoms with Crippen LogP contribution in [0.15, 0.2) is 0 Å². The predicted octanol–water partition coefficient (Wildman–Crippen LogP) is -0.439. The average molecular weight is 229 g/mol. The third-order valence-corrected chi connectivity index (χ3v) is 3.43. The van der Waals surface area contributed by atoms with E-state index < -0.39 is 5.54 Å². The summed E-state index contributed by atoms with van der Waals surface area (Å²) in [6, 6.07) is 0. The quantitative estimate of drug-likeness (QED) is 0.671. The van der Waals surface area contributed by atoms with Gasteiger partial charge < -0.3 is 15.8 Å². The molecule has 16 heavy (non-hydrogen) atoms. The van der Waals surface area contributed by atoms with Gasteiger partial charge >= 0.3 is 0 Å². The Morgan fingerprint density at radius 1 is 1.69 bits per heavy atom. The van der Waals surface area contributed by atoms with Crippen LogP contribution in [0.3, 0.4) is 0 Å². The van der Waals surface area contributed by atoms with Crippen molar-refractivity contribution < 1.29 is 9.53 Å². The van der Waals surface area contributed by atoms with E-state index >= 15 is 0 Å². The van der Waals surface area contributed by atoms with E-state index in [1.807, 2.05) is 6.92 Å². The summed E-state index contributed by atoms with van der Waals surface area (Å²) in [6.07, 6.45) is 2.49. The number of carbonyl (C=O) groups is 1. The molecular weight excluding hydrogens is 206 g/mol. The number of likely N-dealkylation sites (N-methyl/N-ethyl adjacent to an activating group) is 1. The van der Waals surface area contributed by atoms with Gasteiger partial charge in [0.2, 0.25) is 5.91 Å². The predicted molar refractivity (Wildman–Crippen MR) is 63.1 cm³/mol. The molecule has 1 fully saturated rings. The number of likely N-dealkylation sites (tertiary alicyclic amines) is 1. The third kappa shape index (κ3) is 3.17. The maximum Gasteiger partial charge on any atom is 0.238 e. The number of carbonyl (C=O) groups excluding carboxylic acids is 1. The Labute approximate surface area is 97.3 Å². The Balaban J connectivity index is 2.55. The van der Waals surface area contributed by atoms with E-state index in [0.29, 0.717) is 6.54 Å². The summed E-state index contributed by atoms with van der Waals surface area (Å²) in [4.78, 5) is 13.6. The van der Waals surface area contributed by atoms with E-state index in [9.17, 15) is 4.79 Å². The second-order valence-electron chi connectivity index (χ2n) is 4.68. The summed E-state index contributed by atoms with van der Waals surface area (Å²) in [5, 5.41) is 3.00. The topological polar surface area (TPSA) is 67.6 Å². The Bertz CT molecular complexity index is 247. The summed E-state index contributed by atoms with van der Waals surface area (Å²) in [6.45, 7) is 4.36. The largest absolute Gasteiger partial charge is 0.380 e. The van der Waals surface area contributed by atoms with Crippen LogP contribution < -0.4 is 11.1 Å². The molecule has 5 heteroatoms. The highest BCUT2D eigenvalue weighted by atomic mass is 16.5. The second kappa shape index (κ2) is 5.61. The number of hydrogen-bond acceptors (Lipinski definition) is 4. The van der Waals surface area contributed by atoms with Gasteiger partial charge in [0.05, 0.1) is 6.10 Å². The zero-order chi connectivity index (χ0) is 12.2. The van der Waals surface area contributed by atoms with Crippen LogP contribution in [0, 0.1) is 0 Å². The van der Waals surface area contributed by atoms with Crippen molar-refractivity contribution in [2.45, 2.75) is 31.4 Å². The molecule has 2 atom stereocenters. The Hall–Kier alpha value is -0.650. The average Bonchev–Trinajstić information content (AvgIpc) is 2.29. The lowest BCUT2D eigenvalue weighted by Gasteiger charge is -2.37. The molecule has 0 radical (unpaired) electrons. The molecule has 1 aliphatic rings. The smallest absolute Gasteiger partial charge is 0.238 e. The fourth-order valence-electron chi connectivity index (χ4n) is 2.08. The molecule has 3 N–H and O–H groups in total. The minimum Gasteiger partial charge on any atom is -0.380 e. The summed E-state index contributed by atoms with van der Waals surface area (Å²) >= 11 is 0. The molecule has 0 aromatic carbocycles. The van der Waals surface area contributed by atoms with Crippen molar-refractivity contribution in [3.8, 4) is 0 Å². The number of nitrogens with one attached hydrogen (secondary N) is 1. The number of primary amides is 1. The van der Waals surface area contributed by atoms with Crippen LogP contribution in [0.25, 0.3) is 0 Å². The number of hydrogen-bond donors (Lipinski definition) is 2. The van der Waals surface area contributed by atoms with Gasteiger partial charge in [0, 0.05) is 20.2 Å². The highest BCUT2D eigenvalue weighted by molar-refractivity contribution is 5.84.